The summed E-state index contributed by atoms with van der Waals surface area (Å²) >= 11 is 0. The molecule has 2 aliphatic heterocycles. The van der Waals surface area contributed by atoms with E-state index in [1.54, 1.807) is 0 Å². The van der Waals surface area contributed by atoms with E-state index < -0.39 is 57.0 Å². The van der Waals surface area contributed by atoms with Gasteiger partial charge in [-0.15, -0.1) is 12.4 Å². The highest BCUT2D eigenvalue weighted by Crippen LogP contribution is 2.48. The highest BCUT2D eigenvalue weighted by Gasteiger charge is 2.54. The van der Waals surface area contributed by atoms with E-state index in [-0.39, 0.29) is 68.9 Å². The topological polar surface area (TPSA) is 214 Å². The second kappa shape index (κ2) is 14.8. The van der Waals surface area contributed by atoms with Gasteiger partial charge in [-0.1, -0.05) is 21.3 Å². The van der Waals surface area contributed by atoms with Gasteiger partial charge in [0, 0.05) is 49.6 Å². The molecule has 4 atom stereocenters. The number of aliphatic hydroxyl groups is 1. The van der Waals surface area contributed by atoms with Crippen molar-refractivity contribution < 1.29 is 41.6 Å². The van der Waals surface area contributed by atoms with Crippen molar-refractivity contribution in [3.8, 4) is 6.07 Å². The molecular formula is C31H49ClN6O9S. The Labute approximate surface area is 289 Å². The fraction of sp³-hybridized carbons (Fsp3) is 0.806. The maximum atomic E-state index is 12.4. The number of methoxy groups -OCH3 is 1. The summed E-state index contributed by atoms with van der Waals surface area (Å²) in [5, 5.41) is 21.5. The number of nitrogens with zero attached hydrogens (tertiary/aromatic N) is 4. The third-order valence-electron chi connectivity index (χ3n) is 9.49. The number of esters is 1. The van der Waals surface area contributed by atoms with Crippen LogP contribution in [0.4, 0.5) is 0 Å². The van der Waals surface area contributed by atoms with Crippen LogP contribution in [0.2, 0.25) is 0 Å². The van der Waals surface area contributed by atoms with Crippen molar-refractivity contribution in [2.75, 3.05) is 26.5 Å². The van der Waals surface area contributed by atoms with E-state index in [0.717, 1.165) is 44.8 Å². The molecule has 15 nitrogen and oxygen atoms in total. The predicted molar refractivity (Wildman–Crippen MR) is 175 cm³/mol. The molecule has 6 aliphatic rings. The molecule has 17 heteroatoms. The summed E-state index contributed by atoms with van der Waals surface area (Å²) in [7, 11) is -2.38. The zero-order valence-electron chi connectivity index (χ0n) is 27.2. The van der Waals surface area contributed by atoms with Crippen molar-refractivity contribution in [3.05, 3.63) is 11.4 Å². The lowest BCUT2D eigenvalue weighted by molar-refractivity contribution is -0.152. The number of rotatable bonds is 7. The molecule has 0 aromatic heterocycles. The second-order valence-corrected chi connectivity index (χ2v) is 15.6. The second-order valence-electron chi connectivity index (χ2n) is 14.0. The molecule has 6 rings (SSSR count). The SMILES string of the molecule is C.CC1(C(=O)N2C[C@@H](O)C[C@H]2C(=O)NC2(C#N)CC2)CC1.COC(=O)[C@@H]1C[C@@H](OS(C)(=O)=O)CN1C(=O)C1(C)CC1.Cl.[C-]#[N+]C1(N)CC1. The molecule has 0 bridgehead atoms. The summed E-state index contributed by atoms with van der Waals surface area (Å²) in [6.45, 7) is 10.5. The van der Waals surface area contributed by atoms with Gasteiger partial charge in [-0.25, -0.2) is 11.4 Å². The molecule has 0 aromatic carbocycles. The van der Waals surface area contributed by atoms with E-state index in [2.05, 4.69) is 21.0 Å². The Balaban J connectivity index is 0.000000274. The van der Waals surface area contributed by atoms with Gasteiger partial charge in [-0.3, -0.25) is 29.1 Å². The van der Waals surface area contributed by atoms with Gasteiger partial charge in [-0.05, 0) is 38.5 Å². The zero-order chi connectivity index (χ0) is 34.3. The fourth-order valence-electron chi connectivity index (χ4n) is 5.43. The van der Waals surface area contributed by atoms with E-state index >= 15 is 0 Å². The zero-order valence-corrected chi connectivity index (χ0v) is 28.8. The van der Waals surface area contributed by atoms with Crippen LogP contribution in [0.1, 0.15) is 85.5 Å². The first-order valence-electron chi connectivity index (χ1n) is 15.5. The maximum absolute atomic E-state index is 12.4. The molecular weight excluding hydrogens is 668 g/mol. The van der Waals surface area contributed by atoms with Gasteiger partial charge in [0.2, 0.25) is 17.7 Å². The molecule has 6 fully saturated rings. The number of ether oxygens (including phenoxy) is 1. The monoisotopic (exact) mass is 716 g/mol. The minimum atomic E-state index is -3.62. The molecule has 0 radical (unpaired) electrons. The Hall–Kier alpha value is -3.02. The van der Waals surface area contributed by atoms with Gasteiger partial charge in [0.05, 0.1) is 31.6 Å². The van der Waals surface area contributed by atoms with E-state index in [1.165, 1.54) is 16.9 Å². The molecule has 4 saturated carbocycles. The lowest BCUT2D eigenvalue weighted by Crippen LogP contribution is -2.50. The standard InChI is InChI=1S/C14H19N3O3.C12H19NO6S.C4H6N2.CH4.ClH/c1-13(2-3-13)12(20)17-7-9(18)6-10(17)11(19)16-14(8-15)4-5-14;1-12(4-5-12)11(15)13-7-8(19-20(3,16)17)6-9(13)10(14)18-2;1-6-4(5)2-3-4;;/h9-10,18H,2-7H2,1H3,(H,16,19);8-9H,4-7H2,1-3H3;2-3,5H2;1H4;1H/t9-,10-;8-,9+;;;/m01.../s1. The Morgan fingerprint density at radius 3 is 1.81 bits per heavy atom. The van der Waals surface area contributed by atoms with Crippen molar-refractivity contribution in [2.45, 2.75) is 121 Å². The number of nitrogens with two attached hydrogens (primary N) is 1. The van der Waals surface area contributed by atoms with Crippen molar-refractivity contribution in [1.82, 2.24) is 15.1 Å². The lowest BCUT2D eigenvalue weighted by atomic mass is 10.1. The summed E-state index contributed by atoms with van der Waals surface area (Å²) in [5.74, 6) is -1.02. The molecule has 4 N–H and O–H groups in total. The molecule has 270 valence electrons. The quantitative estimate of drug-likeness (QED) is 0.194. The van der Waals surface area contributed by atoms with Gasteiger partial charge in [0.25, 0.3) is 15.8 Å². The summed E-state index contributed by atoms with van der Waals surface area (Å²) in [5.41, 5.74) is 3.37. The van der Waals surface area contributed by atoms with Gasteiger partial charge in [-0.2, -0.15) is 13.7 Å². The Kier molecular flexibility index (Phi) is 12.7. The van der Waals surface area contributed by atoms with Gasteiger partial charge in [0.15, 0.2) is 0 Å². The third-order valence-corrected chi connectivity index (χ3v) is 10.1. The first-order valence-corrected chi connectivity index (χ1v) is 17.3. The third kappa shape index (κ3) is 10.0. The largest absolute Gasteiger partial charge is 0.467 e. The van der Waals surface area contributed by atoms with Crippen LogP contribution in [0, 0.1) is 28.7 Å². The Morgan fingerprint density at radius 2 is 1.46 bits per heavy atom. The van der Waals surface area contributed by atoms with Crippen LogP contribution in [0.15, 0.2) is 0 Å². The molecule has 3 amide bonds. The van der Waals surface area contributed by atoms with E-state index in [1.807, 2.05) is 13.8 Å². The van der Waals surface area contributed by atoms with E-state index in [9.17, 15) is 32.7 Å². The number of likely N-dealkylation sites (tertiary alicyclic amines) is 2. The van der Waals surface area contributed by atoms with Crippen LogP contribution < -0.4 is 11.1 Å². The first-order chi connectivity index (χ1) is 21.3. The van der Waals surface area contributed by atoms with Crippen molar-refractivity contribution >= 4 is 46.2 Å². The molecule has 2 heterocycles. The molecule has 0 spiro atoms. The lowest BCUT2D eigenvalue weighted by Gasteiger charge is -2.27. The highest BCUT2D eigenvalue weighted by atomic mass is 35.5. The minimum Gasteiger partial charge on any atom is -0.467 e. The molecule has 0 aromatic rings. The molecule has 2 saturated heterocycles. The summed E-state index contributed by atoms with van der Waals surface area (Å²) < 4.78 is 32.0. The van der Waals surface area contributed by atoms with Crippen molar-refractivity contribution in [2.24, 2.45) is 16.6 Å². The van der Waals surface area contributed by atoms with Crippen LogP contribution in [0.25, 0.3) is 4.85 Å². The molecule has 0 unspecified atom stereocenters. The summed E-state index contributed by atoms with van der Waals surface area (Å²) in [6.07, 6.45) is 6.38. The van der Waals surface area contributed by atoms with Crippen LogP contribution in [0.5, 0.6) is 0 Å². The van der Waals surface area contributed by atoms with Crippen molar-refractivity contribution in [3.63, 3.8) is 0 Å². The summed E-state index contributed by atoms with van der Waals surface area (Å²) in [4.78, 5) is 54.9. The Morgan fingerprint density at radius 1 is 0.958 bits per heavy atom. The number of carbonyl (C=O) groups excluding carboxylic acids is 4. The highest BCUT2D eigenvalue weighted by molar-refractivity contribution is 7.86. The number of amides is 3. The number of nitriles is 1. The van der Waals surface area contributed by atoms with Crippen molar-refractivity contribution in [1.29, 1.82) is 5.26 Å². The predicted octanol–water partition coefficient (Wildman–Crippen LogP) is 1.24. The number of aliphatic hydroxyl groups excluding tert-OH is 1. The van der Waals surface area contributed by atoms with Crippen LogP contribution in [-0.4, -0.2) is 109 Å². The maximum Gasteiger partial charge on any atom is 0.328 e. The van der Waals surface area contributed by atoms with Crippen LogP contribution in [0.3, 0.4) is 0 Å². The number of hydrogen-bond donors (Lipinski definition) is 3. The van der Waals surface area contributed by atoms with E-state index in [0.29, 0.717) is 12.8 Å². The van der Waals surface area contributed by atoms with Gasteiger partial charge in [0.1, 0.15) is 17.6 Å². The number of hydrogen-bond acceptors (Lipinski definition) is 11. The normalized spacial score (nSPS) is 28.4. The first kappa shape index (κ1) is 41.2. The average Bonchev–Trinajstić information content (AvgIpc) is 3.92. The number of nitrogens with one attached hydrogen (secondary N) is 1. The number of β-amino-alcohol motifs (C(OH)–C–C–N with tert-alkyl or cyclic N) is 1. The van der Waals surface area contributed by atoms with Crippen LogP contribution >= 0.6 is 12.4 Å². The number of halogens is 1. The molecule has 48 heavy (non-hydrogen) atoms. The minimum absolute atomic E-state index is 0. The van der Waals surface area contributed by atoms with Crippen LogP contribution in [-0.2, 0) is 38.2 Å². The van der Waals surface area contributed by atoms with Gasteiger partial charge >= 0.3 is 5.97 Å². The summed E-state index contributed by atoms with van der Waals surface area (Å²) in [6, 6.07) is 0.702. The fourth-order valence-corrected chi connectivity index (χ4v) is 6.06. The average molecular weight is 717 g/mol. The number of carbonyl (C=O) groups is 4. The van der Waals surface area contributed by atoms with Gasteiger partial charge < -0.3 is 25.0 Å². The smallest absolute Gasteiger partial charge is 0.328 e. The molecule has 4 aliphatic carbocycles. The Bertz CT molecular complexity index is 1440. The van der Waals surface area contributed by atoms with E-state index in [4.69, 9.17) is 21.8 Å².